The van der Waals surface area contributed by atoms with E-state index in [4.69, 9.17) is 9.84 Å². The van der Waals surface area contributed by atoms with E-state index in [0.29, 0.717) is 6.54 Å². The van der Waals surface area contributed by atoms with Crippen molar-refractivity contribution in [3.63, 3.8) is 0 Å². The van der Waals surface area contributed by atoms with Gasteiger partial charge in [-0.1, -0.05) is 11.8 Å². The predicted molar refractivity (Wildman–Crippen MR) is 66.6 cm³/mol. The van der Waals surface area contributed by atoms with Crippen LogP contribution in [-0.4, -0.2) is 30.8 Å². The Balaban J connectivity index is 2.47. The van der Waals surface area contributed by atoms with E-state index in [1.807, 2.05) is 12.1 Å². The molecular weight excluding hydrogens is 238 g/mol. The maximum Gasteiger partial charge on any atom is 0.249 e. The lowest BCUT2D eigenvalue weighted by Crippen LogP contribution is -2.33. The SMILES string of the molecule is COC(C)C(=O)NCc1ccc(C#CCO)s1. The molecule has 17 heavy (non-hydrogen) atoms. The average molecular weight is 253 g/mol. The Kier molecular flexibility index (Phi) is 5.70. The zero-order chi connectivity index (χ0) is 12.7. The van der Waals surface area contributed by atoms with Crippen LogP contribution in [0, 0.1) is 11.8 Å². The first-order valence-corrected chi connectivity index (χ1v) is 5.98. The van der Waals surface area contributed by atoms with Gasteiger partial charge in [0.1, 0.15) is 12.7 Å². The molecule has 4 nitrogen and oxygen atoms in total. The van der Waals surface area contributed by atoms with Crippen molar-refractivity contribution in [3.8, 4) is 11.8 Å². The lowest BCUT2D eigenvalue weighted by Gasteiger charge is -2.08. The summed E-state index contributed by atoms with van der Waals surface area (Å²) in [4.78, 5) is 13.3. The van der Waals surface area contributed by atoms with Crippen LogP contribution in [0.5, 0.6) is 0 Å². The van der Waals surface area contributed by atoms with Gasteiger partial charge in [-0.25, -0.2) is 0 Å². The fourth-order valence-electron chi connectivity index (χ4n) is 1.09. The molecule has 1 aromatic rings. The highest BCUT2D eigenvalue weighted by molar-refractivity contribution is 7.12. The number of aliphatic hydroxyl groups is 1. The smallest absolute Gasteiger partial charge is 0.249 e. The van der Waals surface area contributed by atoms with Crippen LogP contribution in [0.2, 0.25) is 0 Å². The molecule has 0 aliphatic heterocycles. The van der Waals surface area contributed by atoms with Crippen LogP contribution in [0.15, 0.2) is 12.1 Å². The van der Waals surface area contributed by atoms with E-state index in [2.05, 4.69) is 17.2 Å². The number of ether oxygens (including phenoxy) is 1. The standard InChI is InChI=1S/C12H15NO3S/c1-9(16-2)12(15)13-8-11-6-5-10(17-11)4-3-7-14/h5-6,9,14H,7-8H2,1-2H3,(H,13,15). The van der Waals surface area contributed by atoms with Crippen LogP contribution in [0.1, 0.15) is 16.7 Å². The van der Waals surface area contributed by atoms with Gasteiger partial charge in [-0.2, -0.15) is 0 Å². The first kappa shape index (κ1) is 13.7. The number of hydrogen-bond acceptors (Lipinski definition) is 4. The maximum absolute atomic E-state index is 11.4. The Labute approximate surface area is 105 Å². The largest absolute Gasteiger partial charge is 0.384 e. The quantitative estimate of drug-likeness (QED) is 0.778. The summed E-state index contributed by atoms with van der Waals surface area (Å²) in [6, 6.07) is 3.78. The normalized spacial score (nSPS) is 11.5. The summed E-state index contributed by atoms with van der Waals surface area (Å²) in [5.74, 6) is 5.26. The number of carbonyl (C=O) groups is 1. The molecule has 1 rings (SSSR count). The van der Waals surface area contributed by atoms with Crippen LogP contribution in [0.25, 0.3) is 0 Å². The van der Waals surface area contributed by atoms with Crippen molar-refractivity contribution in [1.29, 1.82) is 0 Å². The second-order valence-electron chi connectivity index (χ2n) is 3.32. The summed E-state index contributed by atoms with van der Waals surface area (Å²) in [5, 5.41) is 11.3. The highest BCUT2D eigenvalue weighted by Crippen LogP contribution is 2.14. The van der Waals surface area contributed by atoms with Crippen molar-refractivity contribution in [2.45, 2.75) is 19.6 Å². The number of thiophene rings is 1. The lowest BCUT2D eigenvalue weighted by molar-refractivity contribution is -0.130. The van der Waals surface area contributed by atoms with Crippen LogP contribution in [0.3, 0.4) is 0 Å². The van der Waals surface area contributed by atoms with Gasteiger partial charge in [0.15, 0.2) is 0 Å². The molecule has 1 unspecified atom stereocenters. The Morgan fingerprint density at radius 2 is 2.41 bits per heavy atom. The molecule has 5 heteroatoms. The Morgan fingerprint density at radius 1 is 1.65 bits per heavy atom. The van der Waals surface area contributed by atoms with Crippen molar-refractivity contribution in [2.24, 2.45) is 0 Å². The number of aliphatic hydroxyl groups excluding tert-OH is 1. The maximum atomic E-state index is 11.4. The predicted octanol–water partition coefficient (Wildman–Crippen LogP) is 0.743. The third-order valence-electron chi connectivity index (χ3n) is 2.11. The number of carbonyl (C=O) groups excluding carboxylic acids is 1. The van der Waals surface area contributed by atoms with E-state index in [-0.39, 0.29) is 12.5 Å². The van der Waals surface area contributed by atoms with Gasteiger partial charge in [0.25, 0.3) is 0 Å². The first-order chi connectivity index (χ1) is 8.17. The van der Waals surface area contributed by atoms with Crippen molar-refractivity contribution in [3.05, 3.63) is 21.9 Å². The number of methoxy groups -OCH3 is 1. The van der Waals surface area contributed by atoms with E-state index >= 15 is 0 Å². The topological polar surface area (TPSA) is 58.6 Å². The molecule has 0 bridgehead atoms. The first-order valence-electron chi connectivity index (χ1n) is 5.16. The van der Waals surface area contributed by atoms with E-state index in [1.54, 1.807) is 6.92 Å². The summed E-state index contributed by atoms with van der Waals surface area (Å²) in [5.41, 5.74) is 0. The molecule has 2 N–H and O–H groups in total. The summed E-state index contributed by atoms with van der Waals surface area (Å²) in [6.45, 7) is 2.02. The van der Waals surface area contributed by atoms with Crippen LogP contribution >= 0.6 is 11.3 Å². The highest BCUT2D eigenvalue weighted by atomic mass is 32.1. The van der Waals surface area contributed by atoms with Gasteiger partial charge in [-0.05, 0) is 19.1 Å². The number of hydrogen-bond donors (Lipinski definition) is 2. The van der Waals surface area contributed by atoms with Gasteiger partial charge < -0.3 is 15.2 Å². The fourth-order valence-corrected chi connectivity index (χ4v) is 1.91. The molecule has 0 aliphatic rings. The molecule has 1 atom stereocenters. The minimum Gasteiger partial charge on any atom is -0.384 e. The zero-order valence-corrected chi connectivity index (χ0v) is 10.6. The number of nitrogens with one attached hydrogen (secondary N) is 1. The van der Waals surface area contributed by atoms with Gasteiger partial charge in [-0.15, -0.1) is 11.3 Å². The van der Waals surface area contributed by atoms with E-state index in [9.17, 15) is 4.79 Å². The summed E-state index contributed by atoms with van der Waals surface area (Å²) < 4.78 is 4.90. The van der Waals surface area contributed by atoms with Gasteiger partial charge >= 0.3 is 0 Å². The third kappa shape index (κ3) is 4.57. The summed E-state index contributed by atoms with van der Waals surface area (Å²) in [6.07, 6.45) is -0.441. The molecule has 1 amide bonds. The lowest BCUT2D eigenvalue weighted by atomic mass is 10.3. The Morgan fingerprint density at radius 3 is 3.06 bits per heavy atom. The van der Waals surface area contributed by atoms with Gasteiger partial charge in [-0.3, -0.25) is 4.79 Å². The number of amides is 1. The third-order valence-corrected chi connectivity index (χ3v) is 3.11. The summed E-state index contributed by atoms with van der Waals surface area (Å²) in [7, 11) is 1.50. The molecule has 0 fully saturated rings. The zero-order valence-electron chi connectivity index (χ0n) is 9.82. The molecule has 0 saturated carbocycles. The van der Waals surface area contributed by atoms with Crippen LogP contribution in [-0.2, 0) is 16.1 Å². The molecule has 0 saturated heterocycles. The van der Waals surface area contributed by atoms with Crippen molar-refractivity contribution < 1.29 is 14.6 Å². The molecule has 1 aromatic heterocycles. The highest BCUT2D eigenvalue weighted by Gasteiger charge is 2.10. The van der Waals surface area contributed by atoms with Gasteiger partial charge in [0.2, 0.25) is 5.91 Å². The minimum absolute atomic E-state index is 0.135. The molecule has 0 spiro atoms. The number of rotatable bonds is 4. The second kappa shape index (κ2) is 7.07. The van der Waals surface area contributed by atoms with Gasteiger partial charge in [0, 0.05) is 12.0 Å². The van der Waals surface area contributed by atoms with Crippen LogP contribution in [0.4, 0.5) is 0 Å². The average Bonchev–Trinajstić information content (AvgIpc) is 2.80. The molecule has 1 heterocycles. The summed E-state index contributed by atoms with van der Waals surface area (Å²) >= 11 is 1.49. The molecule has 0 radical (unpaired) electrons. The van der Waals surface area contributed by atoms with E-state index in [0.717, 1.165) is 9.75 Å². The molecule has 0 aliphatic carbocycles. The van der Waals surface area contributed by atoms with Crippen molar-refractivity contribution in [1.82, 2.24) is 5.32 Å². The Hall–Kier alpha value is -1.35. The van der Waals surface area contributed by atoms with E-state index in [1.165, 1.54) is 18.4 Å². The second-order valence-corrected chi connectivity index (χ2v) is 4.49. The fraction of sp³-hybridized carbons (Fsp3) is 0.417. The van der Waals surface area contributed by atoms with Gasteiger partial charge in [0.05, 0.1) is 11.4 Å². The minimum atomic E-state index is -0.441. The van der Waals surface area contributed by atoms with Crippen molar-refractivity contribution in [2.75, 3.05) is 13.7 Å². The molecule has 92 valence electrons. The van der Waals surface area contributed by atoms with Crippen molar-refractivity contribution >= 4 is 17.2 Å². The van der Waals surface area contributed by atoms with Crippen LogP contribution < -0.4 is 5.32 Å². The molecular formula is C12H15NO3S. The Bertz CT molecular complexity index is 430. The molecule has 0 aromatic carbocycles. The monoisotopic (exact) mass is 253 g/mol. The van der Waals surface area contributed by atoms with E-state index < -0.39 is 6.10 Å².